The molecule has 10 heteroatoms. The van der Waals surface area contributed by atoms with E-state index in [0.29, 0.717) is 28.5 Å². The van der Waals surface area contributed by atoms with Gasteiger partial charge in [0.25, 0.3) is 5.56 Å². The number of carbonyl (C=O) groups excluding carboxylic acids is 1. The third-order valence-corrected chi connectivity index (χ3v) is 5.49. The van der Waals surface area contributed by atoms with Gasteiger partial charge in [-0.3, -0.25) is 14.0 Å². The second-order valence-corrected chi connectivity index (χ2v) is 9.10. The molecule has 0 unspecified atom stereocenters. The molecule has 0 fully saturated rings. The molecule has 0 spiro atoms. The monoisotopic (exact) mass is 460 g/mol. The average Bonchev–Trinajstić information content (AvgIpc) is 3.26. The molecule has 0 radical (unpaired) electrons. The van der Waals surface area contributed by atoms with E-state index in [2.05, 4.69) is 31.0 Å². The molecule has 0 aliphatic rings. The summed E-state index contributed by atoms with van der Waals surface area (Å²) in [6.07, 6.45) is 5.06. The lowest BCUT2D eigenvalue weighted by molar-refractivity contribution is 0.262. The summed E-state index contributed by atoms with van der Waals surface area (Å²) in [6, 6.07) is 6.84. The van der Waals surface area contributed by atoms with Crippen molar-refractivity contribution in [2.75, 3.05) is 23.0 Å². The summed E-state index contributed by atoms with van der Waals surface area (Å²) < 4.78 is 3.29. The van der Waals surface area contributed by atoms with Gasteiger partial charge >= 0.3 is 6.03 Å². The lowest BCUT2D eigenvalue weighted by Gasteiger charge is -2.18. The molecule has 3 aromatic heterocycles. The summed E-state index contributed by atoms with van der Waals surface area (Å²) in [5.74, 6) is 0.441. The molecule has 0 aliphatic heterocycles. The number of amides is 2. The van der Waals surface area contributed by atoms with Gasteiger partial charge in [-0.2, -0.15) is 10.1 Å². The van der Waals surface area contributed by atoms with Crippen molar-refractivity contribution in [3.63, 3.8) is 0 Å². The molecule has 10 nitrogen and oxygen atoms in total. The maximum atomic E-state index is 13.2. The highest BCUT2D eigenvalue weighted by atomic mass is 16.2. The number of carbonyl (C=O) groups is 1. The second kappa shape index (κ2) is 8.62. The predicted molar refractivity (Wildman–Crippen MR) is 134 cm³/mol. The van der Waals surface area contributed by atoms with Crippen LogP contribution in [0.3, 0.4) is 0 Å². The lowest BCUT2D eigenvalue weighted by atomic mass is 10.00. The maximum absolute atomic E-state index is 13.2. The van der Waals surface area contributed by atoms with Crippen molar-refractivity contribution in [1.29, 1.82) is 0 Å². The van der Waals surface area contributed by atoms with E-state index in [9.17, 15) is 9.59 Å². The molecule has 2 amide bonds. The van der Waals surface area contributed by atoms with E-state index in [1.165, 1.54) is 4.57 Å². The number of pyridine rings is 1. The van der Waals surface area contributed by atoms with Gasteiger partial charge in [0.2, 0.25) is 5.95 Å². The van der Waals surface area contributed by atoms with Gasteiger partial charge in [-0.05, 0) is 57.0 Å². The number of urea groups is 1. The van der Waals surface area contributed by atoms with Gasteiger partial charge in [-0.1, -0.05) is 6.07 Å². The van der Waals surface area contributed by atoms with E-state index in [-0.39, 0.29) is 11.1 Å². The summed E-state index contributed by atoms with van der Waals surface area (Å²) in [7, 11) is 3.41. The average molecular weight is 461 g/mol. The molecule has 3 N–H and O–H groups in total. The minimum absolute atomic E-state index is 0.187. The third-order valence-electron chi connectivity index (χ3n) is 5.49. The fourth-order valence-electron chi connectivity index (χ4n) is 3.60. The number of aromatic nitrogens is 5. The van der Waals surface area contributed by atoms with Crippen molar-refractivity contribution in [3.8, 4) is 11.1 Å². The van der Waals surface area contributed by atoms with Crippen LogP contribution in [0.2, 0.25) is 0 Å². The topological polar surface area (TPSA) is 119 Å². The minimum atomic E-state index is -0.400. The van der Waals surface area contributed by atoms with Crippen LogP contribution in [0.1, 0.15) is 26.3 Å². The SMILES string of the molecule is CNc1ncc2cc(-c3cc(NC(=O)Nc4cnn(C(C)(C)C)c4)ccc3C)c(=O)n(C)c2n1. The van der Waals surface area contributed by atoms with Crippen molar-refractivity contribution in [1.82, 2.24) is 24.3 Å². The number of rotatable bonds is 4. The number of nitrogens with zero attached hydrogens (tertiary/aromatic N) is 5. The van der Waals surface area contributed by atoms with Crippen molar-refractivity contribution < 1.29 is 4.79 Å². The zero-order valence-corrected chi connectivity index (χ0v) is 20.1. The summed E-state index contributed by atoms with van der Waals surface area (Å²) in [5.41, 5.74) is 3.44. The normalized spacial score (nSPS) is 11.5. The van der Waals surface area contributed by atoms with Crippen LogP contribution in [-0.4, -0.2) is 37.4 Å². The van der Waals surface area contributed by atoms with Gasteiger partial charge in [-0.15, -0.1) is 0 Å². The first kappa shape index (κ1) is 23.0. The van der Waals surface area contributed by atoms with Gasteiger partial charge in [0, 0.05) is 43.1 Å². The van der Waals surface area contributed by atoms with E-state index in [4.69, 9.17) is 0 Å². The molecule has 34 heavy (non-hydrogen) atoms. The number of fused-ring (bicyclic) bond motifs is 1. The van der Waals surface area contributed by atoms with Crippen LogP contribution < -0.4 is 21.5 Å². The third kappa shape index (κ3) is 4.47. The first-order valence-electron chi connectivity index (χ1n) is 10.9. The van der Waals surface area contributed by atoms with Gasteiger partial charge in [0.05, 0.1) is 17.4 Å². The zero-order valence-electron chi connectivity index (χ0n) is 20.1. The molecule has 0 bridgehead atoms. The highest BCUT2D eigenvalue weighted by Gasteiger charge is 2.16. The molecule has 0 atom stereocenters. The Balaban J connectivity index is 1.63. The number of nitrogens with one attached hydrogen (secondary N) is 3. The van der Waals surface area contributed by atoms with Crippen LogP contribution in [0.25, 0.3) is 22.2 Å². The maximum Gasteiger partial charge on any atom is 0.323 e. The number of hydrogen-bond acceptors (Lipinski definition) is 6. The molecule has 1 aromatic carbocycles. The number of aryl methyl sites for hydroxylation is 2. The van der Waals surface area contributed by atoms with Gasteiger partial charge in [0.1, 0.15) is 5.65 Å². The molecular formula is C24H28N8O2. The summed E-state index contributed by atoms with van der Waals surface area (Å²) in [4.78, 5) is 34.4. The first-order chi connectivity index (χ1) is 16.1. The summed E-state index contributed by atoms with van der Waals surface area (Å²) in [5, 5.41) is 13.5. The minimum Gasteiger partial charge on any atom is -0.357 e. The predicted octanol–water partition coefficient (Wildman–Crippen LogP) is 3.94. The van der Waals surface area contributed by atoms with Gasteiger partial charge in [0.15, 0.2) is 0 Å². The number of benzene rings is 1. The summed E-state index contributed by atoms with van der Waals surface area (Å²) >= 11 is 0. The largest absolute Gasteiger partial charge is 0.357 e. The fourth-order valence-corrected chi connectivity index (χ4v) is 3.60. The molecule has 0 saturated carbocycles. The van der Waals surface area contributed by atoms with E-state index in [1.807, 2.05) is 33.8 Å². The lowest BCUT2D eigenvalue weighted by Crippen LogP contribution is -2.22. The zero-order chi connectivity index (χ0) is 24.6. The standard InChI is InChI=1S/C24H28N8O2/c1-14-7-8-16(28-23(34)29-17-12-27-32(13-17)24(2,3)4)10-18(14)19-9-15-11-26-22(25-5)30-20(15)31(6)21(19)33/h7-13H,1-6H3,(H,25,26,30)(H2,28,29,34). The Hall–Kier alpha value is -4.21. The Labute approximate surface area is 197 Å². The van der Waals surface area contributed by atoms with E-state index < -0.39 is 6.03 Å². The van der Waals surface area contributed by atoms with Gasteiger partial charge in [-0.25, -0.2) is 9.78 Å². The molecule has 0 saturated heterocycles. The second-order valence-electron chi connectivity index (χ2n) is 9.10. The van der Waals surface area contributed by atoms with Crippen LogP contribution in [0, 0.1) is 6.92 Å². The van der Waals surface area contributed by atoms with Crippen molar-refractivity contribution in [2.24, 2.45) is 7.05 Å². The molecule has 4 rings (SSSR count). The van der Waals surface area contributed by atoms with Gasteiger partial charge < -0.3 is 16.0 Å². The van der Waals surface area contributed by atoms with E-state index in [1.54, 1.807) is 55.6 Å². The van der Waals surface area contributed by atoms with Crippen LogP contribution in [0.15, 0.2) is 47.7 Å². The van der Waals surface area contributed by atoms with Crippen molar-refractivity contribution in [3.05, 3.63) is 58.8 Å². The van der Waals surface area contributed by atoms with Crippen molar-refractivity contribution >= 4 is 34.4 Å². The van der Waals surface area contributed by atoms with Crippen molar-refractivity contribution in [2.45, 2.75) is 33.2 Å². The Morgan fingerprint density at radius 3 is 2.44 bits per heavy atom. The molecular weight excluding hydrogens is 432 g/mol. The number of hydrogen-bond donors (Lipinski definition) is 3. The van der Waals surface area contributed by atoms with E-state index in [0.717, 1.165) is 16.5 Å². The smallest absolute Gasteiger partial charge is 0.323 e. The van der Waals surface area contributed by atoms with Crippen LogP contribution in [0.4, 0.5) is 22.1 Å². The Kier molecular flexibility index (Phi) is 5.82. The Morgan fingerprint density at radius 1 is 1.03 bits per heavy atom. The molecule has 0 aliphatic carbocycles. The Bertz CT molecular complexity index is 1450. The molecule has 3 heterocycles. The molecule has 176 valence electrons. The highest BCUT2D eigenvalue weighted by Crippen LogP contribution is 2.27. The quantitative estimate of drug-likeness (QED) is 0.424. The fraction of sp³-hybridized carbons (Fsp3) is 0.292. The number of anilines is 3. The summed E-state index contributed by atoms with van der Waals surface area (Å²) in [6.45, 7) is 8.01. The van der Waals surface area contributed by atoms with Crippen LogP contribution >= 0.6 is 0 Å². The first-order valence-corrected chi connectivity index (χ1v) is 10.9. The Morgan fingerprint density at radius 2 is 1.76 bits per heavy atom. The van der Waals surface area contributed by atoms with E-state index >= 15 is 0 Å². The van der Waals surface area contributed by atoms with Crippen LogP contribution in [0.5, 0.6) is 0 Å². The van der Waals surface area contributed by atoms with Crippen LogP contribution in [-0.2, 0) is 12.6 Å². The molecule has 4 aromatic rings. The highest BCUT2D eigenvalue weighted by molar-refractivity contribution is 6.00.